The van der Waals surface area contributed by atoms with E-state index >= 15 is 0 Å². The monoisotopic (exact) mass is 376 g/mol. The molecule has 0 N–H and O–H groups in total. The fraction of sp³-hybridized carbons (Fsp3) is 0.818. The lowest BCUT2D eigenvalue weighted by molar-refractivity contribution is -0.160. The second-order valence-electron chi connectivity index (χ2n) is 9.53. The zero-order chi connectivity index (χ0) is 19.5. The molecular formula is C22H32O5. The quantitative estimate of drug-likeness (QED) is 0.519. The Balaban J connectivity index is 1.80. The molecule has 0 amide bonds. The van der Waals surface area contributed by atoms with Crippen molar-refractivity contribution in [3.63, 3.8) is 0 Å². The van der Waals surface area contributed by atoms with Crippen molar-refractivity contribution in [3.8, 4) is 0 Å². The Morgan fingerprint density at radius 3 is 2.70 bits per heavy atom. The highest BCUT2D eigenvalue weighted by atomic mass is 16.6. The third-order valence-corrected chi connectivity index (χ3v) is 7.62. The summed E-state index contributed by atoms with van der Waals surface area (Å²) in [5.41, 5.74) is 0.148. The molecule has 5 nitrogen and oxygen atoms in total. The van der Waals surface area contributed by atoms with Crippen molar-refractivity contribution in [3.05, 3.63) is 12.2 Å². The van der Waals surface area contributed by atoms with Gasteiger partial charge < -0.3 is 14.2 Å². The zero-order valence-electron chi connectivity index (χ0n) is 16.9. The Kier molecular flexibility index (Phi) is 4.75. The van der Waals surface area contributed by atoms with E-state index in [-0.39, 0.29) is 41.9 Å². The van der Waals surface area contributed by atoms with Gasteiger partial charge in [-0.2, -0.15) is 0 Å². The molecule has 27 heavy (non-hydrogen) atoms. The summed E-state index contributed by atoms with van der Waals surface area (Å²) in [6.45, 7) is 12.8. The number of Topliss-reactive ketones (excluding diaryl/α,β-unsaturated/α-hetero) is 1. The van der Waals surface area contributed by atoms with Gasteiger partial charge in [0.1, 0.15) is 6.10 Å². The van der Waals surface area contributed by atoms with E-state index in [4.69, 9.17) is 14.2 Å². The number of hydrogen-bond acceptors (Lipinski definition) is 5. The molecule has 4 aliphatic rings. The summed E-state index contributed by atoms with van der Waals surface area (Å²) in [6.07, 6.45) is 2.28. The molecule has 3 heterocycles. The maximum absolute atomic E-state index is 12.6. The SMILES string of the molecule is C=C1CC2OC3C4C(CC(C)C(OC(C)=O)C24)C(C)COC3(C)CCC1=O. The molecule has 0 spiro atoms. The number of ketones is 1. The number of rotatable bonds is 1. The van der Waals surface area contributed by atoms with Gasteiger partial charge in [-0.25, -0.2) is 0 Å². The van der Waals surface area contributed by atoms with E-state index in [0.717, 1.165) is 6.42 Å². The molecule has 9 unspecified atom stereocenters. The first-order valence-corrected chi connectivity index (χ1v) is 10.4. The summed E-state index contributed by atoms with van der Waals surface area (Å²) in [4.78, 5) is 24.4. The van der Waals surface area contributed by atoms with Crippen LogP contribution in [0.1, 0.15) is 53.4 Å². The van der Waals surface area contributed by atoms with Gasteiger partial charge in [0.25, 0.3) is 0 Å². The first-order valence-electron chi connectivity index (χ1n) is 10.4. The summed E-state index contributed by atoms with van der Waals surface area (Å²) in [6, 6.07) is 0. The average Bonchev–Trinajstić information content (AvgIpc) is 2.95. The normalized spacial score (nSPS) is 49.6. The Labute approximate surface area is 161 Å². The summed E-state index contributed by atoms with van der Waals surface area (Å²) >= 11 is 0. The highest BCUT2D eigenvalue weighted by Crippen LogP contribution is 2.57. The summed E-state index contributed by atoms with van der Waals surface area (Å²) in [5, 5.41) is 0. The van der Waals surface area contributed by atoms with Crippen LogP contribution in [0.5, 0.6) is 0 Å². The lowest BCUT2D eigenvalue weighted by atomic mass is 9.59. The minimum atomic E-state index is -0.484. The van der Waals surface area contributed by atoms with Crippen LogP contribution in [0.25, 0.3) is 0 Å². The van der Waals surface area contributed by atoms with Crippen LogP contribution < -0.4 is 0 Å². The maximum atomic E-state index is 12.6. The minimum Gasteiger partial charge on any atom is -0.462 e. The van der Waals surface area contributed by atoms with Gasteiger partial charge in [-0.1, -0.05) is 20.4 Å². The van der Waals surface area contributed by atoms with Crippen LogP contribution in [0.2, 0.25) is 0 Å². The van der Waals surface area contributed by atoms with Gasteiger partial charge in [0.05, 0.1) is 24.4 Å². The van der Waals surface area contributed by atoms with Gasteiger partial charge in [0.2, 0.25) is 0 Å². The maximum Gasteiger partial charge on any atom is 0.302 e. The van der Waals surface area contributed by atoms with Crippen molar-refractivity contribution in [2.24, 2.45) is 29.6 Å². The van der Waals surface area contributed by atoms with Crippen LogP contribution in [0.3, 0.4) is 0 Å². The second kappa shape index (κ2) is 6.70. The number of ether oxygens (including phenoxy) is 3. The van der Waals surface area contributed by atoms with Gasteiger partial charge in [0, 0.05) is 25.7 Å². The molecule has 9 atom stereocenters. The van der Waals surface area contributed by atoms with Crippen LogP contribution in [-0.4, -0.2) is 42.3 Å². The van der Waals surface area contributed by atoms with Crippen LogP contribution in [0.4, 0.5) is 0 Å². The molecule has 5 heteroatoms. The number of esters is 1. The Morgan fingerprint density at radius 1 is 1.26 bits per heavy atom. The lowest BCUT2D eigenvalue weighted by Gasteiger charge is -2.46. The van der Waals surface area contributed by atoms with Crippen molar-refractivity contribution >= 4 is 11.8 Å². The van der Waals surface area contributed by atoms with Crippen molar-refractivity contribution < 1.29 is 23.8 Å². The zero-order valence-corrected chi connectivity index (χ0v) is 16.9. The molecule has 1 aliphatic carbocycles. The van der Waals surface area contributed by atoms with Gasteiger partial charge in [-0.15, -0.1) is 0 Å². The third-order valence-electron chi connectivity index (χ3n) is 7.62. The van der Waals surface area contributed by atoms with Crippen molar-refractivity contribution in [1.29, 1.82) is 0 Å². The smallest absolute Gasteiger partial charge is 0.302 e. The Hall–Kier alpha value is -1.20. The van der Waals surface area contributed by atoms with Gasteiger partial charge in [0.15, 0.2) is 5.78 Å². The van der Waals surface area contributed by atoms with E-state index in [2.05, 4.69) is 27.4 Å². The van der Waals surface area contributed by atoms with Crippen molar-refractivity contribution in [1.82, 2.24) is 0 Å². The fourth-order valence-corrected chi connectivity index (χ4v) is 6.23. The molecule has 2 bridgehead atoms. The number of carbonyl (C=O) groups excluding carboxylic acids is 2. The van der Waals surface area contributed by atoms with Crippen molar-refractivity contribution in [2.75, 3.05) is 6.61 Å². The standard InChI is InChI=1S/C22H32O5/c1-11-9-17-19-18-15(8-12(2)20(19)26-14(4)23)13(3)10-25-22(5,21(18)27-17)7-6-16(11)24/h12-13,15,17-21H,1,6-10H2,2-5H3. The van der Waals surface area contributed by atoms with E-state index in [0.29, 0.717) is 49.2 Å². The molecule has 0 aromatic carbocycles. The highest BCUT2D eigenvalue weighted by molar-refractivity contribution is 5.94. The largest absolute Gasteiger partial charge is 0.462 e. The fourth-order valence-electron chi connectivity index (χ4n) is 6.23. The molecule has 3 aliphatic heterocycles. The van der Waals surface area contributed by atoms with Gasteiger partial charge in [-0.05, 0) is 49.0 Å². The molecule has 4 fully saturated rings. The number of fused-ring (bicyclic) bond motifs is 2. The van der Waals surface area contributed by atoms with E-state index in [9.17, 15) is 9.59 Å². The van der Waals surface area contributed by atoms with Gasteiger partial charge >= 0.3 is 5.97 Å². The number of carbonyl (C=O) groups is 2. The first kappa shape index (κ1) is 19.1. The molecule has 3 saturated heterocycles. The highest BCUT2D eigenvalue weighted by Gasteiger charge is 2.63. The number of hydrogen-bond donors (Lipinski definition) is 0. The van der Waals surface area contributed by atoms with Crippen LogP contribution in [0, 0.1) is 29.6 Å². The molecule has 4 rings (SSSR count). The minimum absolute atomic E-state index is 0.0632. The molecular weight excluding hydrogens is 344 g/mol. The Morgan fingerprint density at radius 2 is 2.00 bits per heavy atom. The van der Waals surface area contributed by atoms with Gasteiger partial charge in [-0.3, -0.25) is 9.59 Å². The summed E-state index contributed by atoms with van der Waals surface area (Å²) in [5.74, 6) is 1.42. The third kappa shape index (κ3) is 3.07. The second-order valence-corrected chi connectivity index (χ2v) is 9.53. The van der Waals surface area contributed by atoms with Crippen LogP contribution >= 0.6 is 0 Å². The van der Waals surface area contributed by atoms with Crippen molar-refractivity contribution in [2.45, 2.75) is 77.3 Å². The molecule has 150 valence electrons. The Bertz CT molecular complexity index is 657. The van der Waals surface area contributed by atoms with Crippen LogP contribution in [0.15, 0.2) is 12.2 Å². The lowest BCUT2D eigenvalue weighted by Crippen LogP contribution is -2.52. The predicted octanol–water partition coefficient (Wildman–Crippen LogP) is 3.31. The van der Waals surface area contributed by atoms with E-state index in [1.807, 2.05) is 0 Å². The van der Waals surface area contributed by atoms with Crippen LogP contribution in [-0.2, 0) is 23.8 Å². The topological polar surface area (TPSA) is 61.8 Å². The molecule has 0 radical (unpaired) electrons. The average molecular weight is 376 g/mol. The molecule has 1 saturated carbocycles. The van der Waals surface area contributed by atoms with E-state index in [1.54, 1.807) is 0 Å². The van der Waals surface area contributed by atoms with E-state index in [1.165, 1.54) is 6.92 Å². The van der Waals surface area contributed by atoms with E-state index < -0.39 is 5.60 Å². The summed E-state index contributed by atoms with van der Waals surface area (Å²) < 4.78 is 18.9. The molecule has 0 aromatic heterocycles. The predicted molar refractivity (Wildman–Crippen MR) is 100.0 cm³/mol. The first-order chi connectivity index (χ1) is 12.7. The summed E-state index contributed by atoms with van der Waals surface area (Å²) in [7, 11) is 0. The molecule has 0 aromatic rings.